The molecule has 0 spiro atoms. The lowest BCUT2D eigenvalue weighted by atomic mass is 10.1. The Kier molecular flexibility index (Phi) is 4.20. The Bertz CT molecular complexity index is 578. The van der Waals surface area contributed by atoms with Crippen molar-refractivity contribution in [2.24, 2.45) is 5.92 Å². The summed E-state index contributed by atoms with van der Waals surface area (Å²) < 4.78 is 0. The predicted molar refractivity (Wildman–Crippen MR) is 86.5 cm³/mol. The predicted octanol–water partition coefficient (Wildman–Crippen LogP) is 3.46. The maximum Gasteiger partial charge on any atom is 0.123 e. The van der Waals surface area contributed by atoms with E-state index in [1.165, 1.54) is 18.4 Å². The number of aromatic nitrogens is 1. The van der Waals surface area contributed by atoms with Crippen LogP contribution in [0.15, 0.2) is 48.5 Å². The molecule has 2 N–H and O–H groups in total. The first-order chi connectivity index (χ1) is 10.2. The van der Waals surface area contributed by atoms with Crippen molar-refractivity contribution in [2.75, 3.05) is 5.73 Å². The Morgan fingerprint density at radius 1 is 1.10 bits per heavy atom. The zero-order chi connectivity index (χ0) is 14.7. The topological polar surface area (TPSA) is 42.1 Å². The number of nitrogens with zero attached hydrogens (tertiary/aromatic N) is 2. The zero-order valence-corrected chi connectivity index (χ0v) is 12.6. The van der Waals surface area contributed by atoms with Crippen LogP contribution in [-0.2, 0) is 13.1 Å². The molecular weight excluding hydrogens is 258 g/mol. The Morgan fingerprint density at radius 2 is 1.86 bits per heavy atom. The molecule has 21 heavy (non-hydrogen) atoms. The molecule has 1 aromatic heterocycles. The highest BCUT2D eigenvalue weighted by Gasteiger charge is 2.32. The fourth-order valence-corrected chi connectivity index (χ4v) is 2.83. The molecule has 0 aliphatic heterocycles. The number of anilines is 1. The van der Waals surface area contributed by atoms with Gasteiger partial charge in [0.25, 0.3) is 0 Å². The molecule has 1 aromatic carbocycles. The lowest BCUT2D eigenvalue weighted by Crippen LogP contribution is -2.34. The Balaban J connectivity index is 1.75. The van der Waals surface area contributed by atoms with Crippen LogP contribution >= 0.6 is 0 Å². The number of pyridine rings is 1. The van der Waals surface area contributed by atoms with Crippen LogP contribution in [0, 0.1) is 5.92 Å². The van der Waals surface area contributed by atoms with E-state index in [9.17, 15) is 0 Å². The van der Waals surface area contributed by atoms with Gasteiger partial charge in [0.1, 0.15) is 5.82 Å². The summed E-state index contributed by atoms with van der Waals surface area (Å²) in [6, 6.07) is 17.1. The fraction of sp³-hybridized carbons (Fsp3) is 0.389. The second-order valence-electron chi connectivity index (χ2n) is 6.02. The van der Waals surface area contributed by atoms with Gasteiger partial charge < -0.3 is 5.73 Å². The number of hydrogen-bond acceptors (Lipinski definition) is 3. The molecule has 3 rings (SSSR count). The lowest BCUT2D eigenvalue weighted by Gasteiger charge is -2.29. The minimum Gasteiger partial charge on any atom is -0.384 e. The highest BCUT2D eigenvalue weighted by Crippen LogP contribution is 2.36. The van der Waals surface area contributed by atoms with Crippen LogP contribution in [0.2, 0.25) is 0 Å². The second kappa shape index (κ2) is 6.27. The summed E-state index contributed by atoms with van der Waals surface area (Å²) in [6.45, 7) is 4.17. The van der Waals surface area contributed by atoms with Gasteiger partial charge in [-0.15, -0.1) is 0 Å². The van der Waals surface area contributed by atoms with Gasteiger partial charge in [-0.2, -0.15) is 0 Å². The summed E-state index contributed by atoms with van der Waals surface area (Å²) in [7, 11) is 0. The summed E-state index contributed by atoms with van der Waals surface area (Å²) in [6.07, 6.45) is 2.72. The van der Waals surface area contributed by atoms with Gasteiger partial charge in [-0.3, -0.25) is 4.90 Å². The van der Waals surface area contributed by atoms with Crippen LogP contribution in [-0.4, -0.2) is 15.9 Å². The third-order valence-corrected chi connectivity index (χ3v) is 4.30. The monoisotopic (exact) mass is 281 g/mol. The second-order valence-corrected chi connectivity index (χ2v) is 6.02. The lowest BCUT2D eigenvalue weighted by molar-refractivity contribution is 0.170. The van der Waals surface area contributed by atoms with Crippen molar-refractivity contribution >= 4 is 5.82 Å². The van der Waals surface area contributed by atoms with E-state index in [4.69, 9.17) is 5.73 Å². The van der Waals surface area contributed by atoms with E-state index in [2.05, 4.69) is 53.2 Å². The number of nitrogen functional groups attached to an aromatic ring is 1. The minimum absolute atomic E-state index is 0.591. The maximum absolute atomic E-state index is 5.81. The highest BCUT2D eigenvalue weighted by molar-refractivity contribution is 5.28. The molecule has 0 unspecified atom stereocenters. The molecule has 1 fully saturated rings. The van der Waals surface area contributed by atoms with Crippen LogP contribution < -0.4 is 5.73 Å². The van der Waals surface area contributed by atoms with E-state index < -0.39 is 0 Å². The van der Waals surface area contributed by atoms with Gasteiger partial charge in [-0.05, 0) is 43.4 Å². The van der Waals surface area contributed by atoms with Gasteiger partial charge in [0, 0.05) is 19.1 Å². The van der Waals surface area contributed by atoms with Crippen LogP contribution in [0.5, 0.6) is 0 Å². The summed E-state index contributed by atoms with van der Waals surface area (Å²) in [5.41, 5.74) is 8.22. The molecule has 2 aromatic rings. The Morgan fingerprint density at radius 3 is 2.52 bits per heavy atom. The van der Waals surface area contributed by atoms with E-state index in [0.717, 1.165) is 24.7 Å². The summed E-state index contributed by atoms with van der Waals surface area (Å²) in [5, 5.41) is 0. The van der Waals surface area contributed by atoms with Crippen molar-refractivity contribution in [3.63, 3.8) is 0 Å². The number of benzene rings is 1. The molecule has 3 nitrogen and oxygen atoms in total. The van der Waals surface area contributed by atoms with Gasteiger partial charge in [-0.1, -0.05) is 36.4 Å². The highest BCUT2D eigenvalue weighted by atomic mass is 15.2. The van der Waals surface area contributed by atoms with Gasteiger partial charge in [0.05, 0.1) is 5.69 Å². The molecule has 0 radical (unpaired) electrons. The Labute approximate surface area is 126 Å². The molecule has 3 heteroatoms. The molecule has 1 aliphatic rings. The number of hydrogen-bond donors (Lipinski definition) is 1. The van der Waals surface area contributed by atoms with Crippen molar-refractivity contribution in [3.05, 3.63) is 59.8 Å². The SMILES string of the molecule is C[C@H](C1CC1)N(Cc1ccccc1)Cc1cccc(N)n1. The average Bonchev–Trinajstić information content (AvgIpc) is 3.32. The standard InChI is InChI=1S/C18H23N3/c1-14(16-10-11-16)21(12-15-6-3-2-4-7-15)13-17-8-5-9-18(19)20-17/h2-9,14,16H,10-13H2,1H3,(H2,19,20)/t14-/m1/s1. The van der Waals surface area contributed by atoms with E-state index >= 15 is 0 Å². The van der Waals surface area contributed by atoms with Crippen LogP contribution in [0.25, 0.3) is 0 Å². The van der Waals surface area contributed by atoms with Crippen LogP contribution in [0.3, 0.4) is 0 Å². The molecule has 1 aliphatic carbocycles. The average molecular weight is 281 g/mol. The van der Waals surface area contributed by atoms with Crippen molar-refractivity contribution in [1.29, 1.82) is 0 Å². The first-order valence-electron chi connectivity index (χ1n) is 7.72. The first kappa shape index (κ1) is 14.1. The van der Waals surface area contributed by atoms with Crippen LogP contribution in [0.4, 0.5) is 5.82 Å². The molecule has 0 bridgehead atoms. The molecule has 0 saturated heterocycles. The maximum atomic E-state index is 5.81. The van der Waals surface area contributed by atoms with E-state index in [0.29, 0.717) is 11.9 Å². The summed E-state index contributed by atoms with van der Waals surface area (Å²) >= 11 is 0. The zero-order valence-electron chi connectivity index (χ0n) is 12.6. The minimum atomic E-state index is 0.591. The van der Waals surface area contributed by atoms with Crippen LogP contribution in [0.1, 0.15) is 31.0 Å². The van der Waals surface area contributed by atoms with Crippen molar-refractivity contribution in [3.8, 4) is 0 Å². The van der Waals surface area contributed by atoms with Crippen molar-refractivity contribution in [2.45, 2.75) is 38.9 Å². The number of nitrogens with two attached hydrogens (primary N) is 1. The largest absolute Gasteiger partial charge is 0.384 e. The molecular formula is C18H23N3. The van der Waals surface area contributed by atoms with Crippen molar-refractivity contribution < 1.29 is 0 Å². The molecule has 0 amide bonds. The summed E-state index contributed by atoms with van der Waals surface area (Å²) in [5.74, 6) is 1.45. The number of rotatable bonds is 6. The smallest absolute Gasteiger partial charge is 0.123 e. The third-order valence-electron chi connectivity index (χ3n) is 4.30. The quantitative estimate of drug-likeness (QED) is 0.881. The van der Waals surface area contributed by atoms with E-state index in [1.54, 1.807) is 0 Å². The Hall–Kier alpha value is -1.87. The summed E-state index contributed by atoms with van der Waals surface area (Å²) in [4.78, 5) is 6.98. The van der Waals surface area contributed by atoms with E-state index in [1.807, 2.05) is 12.1 Å². The van der Waals surface area contributed by atoms with Gasteiger partial charge >= 0.3 is 0 Å². The molecule has 1 heterocycles. The first-order valence-corrected chi connectivity index (χ1v) is 7.72. The molecule has 110 valence electrons. The molecule has 1 atom stereocenters. The van der Waals surface area contributed by atoms with Gasteiger partial charge in [0.15, 0.2) is 0 Å². The molecule has 1 saturated carbocycles. The fourth-order valence-electron chi connectivity index (χ4n) is 2.83. The van der Waals surface area contributed by atoms with Crippen molar-refractivity contribution in [1.82, 2.24) is 9.88 Å². The van der Waals surface area contributed by atoms with Gasteiger partial charge in [0.2, 0.25) is 0 Å². The van der Waals surface area contributed by atoms with E-state index in [-0.39, 0.29) is 0 Å². The van der Waals surface area contributed by atoms with Gasteiger partial charge in [-0.25, -0.2) is 4.98 Å². The normalized spacial score (nSPS) is 16.1. The third kappa shape index (κ3) is 3.82.